The predicted molar refractivity (Wildman–Crippen MR) is 226 cm³/mol. The van der Waals surface area contributed by atoms with E-state index in [1.807, 2.05) is 55.5 Å². The minimum Gasteiger partial charge on any atom is -0.383 e. The number of benzene rings is 7. The van der Waals surface area contributed by atoms with Crippen LogP contribution < -0.4 is 16.0 Å². The van der Waals surface area contributed by atoms with Gasteiger partial charge in [0.05, 0.1) is 11.0 Å². The third kappa shape index (κ3) is 6.48. The molecule has 0 radical (unpaired) electrons. The molecule has 0 unspecified atom stereocenters. The van der Waals surface area contributed by atoms with Gasteiger partial charge in [-0.1, -0.05) is 104 Å². The van der Waals surface area contributed by atoms with Gasteiger partial charge < -0.3 is 20.5 Å². The molecule has 0 atom stereocenters. The van der Waals surface area contributed by atoms with Crippen LogP contribution in [0.25, 0.3) is 44.7 Å². The monoisotopic (exact) mass is 685 g/mol. The van der Waals surface area contributed by atoms with Crippen LogP contribution in [0.4, 0.5) is 28.4 Å². The molecule has 7 aromatic carbocycles. The van der Waals surface area contributed by atoms with Gasteiger partial charge in [0.25, 0.3) is 0 Å². The number of aliphatic imine (C=N–C) groups is 1. The molecule has 8 aromatic rings. The molecule has 5 heteroatoms. The van der Waals surface area contributed by atoms with E-state index in [4.69, 9.17) is 5.73 Å². The third-order valence-electron chi connectivity index (χ3n) is 9.50. The zero-order valence-electron chi connectivity index (χ0n) is 29.5. The number of rotatable bonds is 10. The first kappa shape index (κ1) is 33.1. The summed E-state index contributed by atoms with van der Waals surface area (Å²) in [4.78, 5) is 6.66. The Labute approximate surface area is 310 Å². The first-order valence-electron chi connectivity index (χ1n) is 17.7. The van der Waals surface area contributed by atoms with E-state index in [-0.39, 0.29) is 0 Å². The highest BCUT2D eigenvalue weighted by molar-refractivity contribution is 6.14. The summed E-state index contributed by atoms with van der Waals surface area (Å²) in [5, 5.41) is 5.92. The fourth-order valence-electron chi connectivity index (χ4n) is 6.99. The summed E-state index contributed by atoms with van der Waals surface area (Å²) in [6.45, 7) is 6.22. The van der Waals surface area contributed by atoms with Crippen LogP contribution in [0.15, 0.2) is 194 Å². The van der Waals surface area contributed by atoms with Crippen LogP contribution in [0.2, 0.25) is 0 Å². The molecule has 1 aromatic heterocycles. The van der Waals surface area contributed by atoms with Crippen molar-refractivity contribution >= 4 is 62.2 Å². The molecule has 53 heavy (non-hydrogen) atoms. The SMILES string of the molecule is C=Cc1c(Nc2ccccc2)ccc2c3cc(N(c4ccc(C(N)=N/C=C\C)cc4)c4ccc(-c5ccccc5)cc4)ccc3n(-c3ccccc3)c12. The lowest BCUT2D eigenvalue weighted by Crippen LogP contribution is -2.14. The molecule has 0 aliphatic heterocycles. The van der Waals surface area contributed by atoms with E-state index in [1.54, 1.807) is 6.20 Å². The molecule has 1 heterocycles. The first-order chi connectivity index (χ1) is 26.1. The normalized spacial score (nSPS) is 11.7. The molecule has 0 spiro atoms. The van der Waals surface area contributed by atoms with Crippen molar-refractivity contribution in [3.63, 3.8) is 0 Å². The summed E-state index contributed by atoms with van der Waals surface area (Å²) in [6, 6.07) is 59.4. The lowest BCUT2D eigenvalue weighted by atomic mass is 10.0. The Hall–Kier alpha value is -7.11. The van der Waals surface area contributed by atoms with Gasteiger partial charge in [-0.2, -0.15) is 0 Å². The third-order valence-corrected chi connectivity index (χ3v) is 9.50. The molecule has 0 aliphatic rings. The number of fused-ring (bicyclic) bond motifs is 3. The molecule has 8 rings (SSSR count). The Morgan fingerprint density at radius 2 is 1.26 bits per heavy atom. The van der Waals surface area contributed by atoms with Crippen molar-refractivity contribution in [3.8, 4) is 16.8 Å². The number of nitrogens with one attached hydrogen (secondary N) is 1. The van der Waals surface area contributed by atoms with Crippen molar-refractivity contribution < 1.29 is 0 Å². The average molecular weight is 686 g/mol. The van der Waals surface area contributed by atoms with Crippen molar-refractivity contribution in [3.05, 3.63) is 200 Å². The number of nitrogens with two attached hydrogens (primary N) is 1. The molecule has 256 valence electrons. The first-order valence-corrected chi connectivity index (χ1v) is 17.7. The number of nitrogens with zero attached hydrogens (tertiary/aromatic N) is 3. The minimum absolute atomic E-state index is 0.475. The molecule has 0 fully saturated rings. The van der Waals surface area contributed by atoms with Crippen LogP contribution in [0.5, 0.6) is 0 Å². The van der Waals surface area contributed by atoms with E-state index >= 15 is 0 Å². The van der Waals surface area contributed by atoms with E-state index < -0.39 is 0 Å². The maximum absolute atomic E-state index is 6.32. The summed E-state index contributed by atoms with van der Waals surface area (Å²) >= 11 is 0. The quantitative estimate of drug-likeness (QED) is 0.111. The molecule has 5 nitrogen and oxygen atoms in total. The van der Waals surface area contributed by atoms with Gasteiger partial charge in [0.2, 0.25) is 0 Å². The Balaban J connectivity index is 1.32. The summed E-state index contributed by atoms with van der Waals surface area (Å²) in [5.41, 5.74) is 19.0. The minimum atomic E-state index is 0.475. The van der Waals surface area contributed by atoms with E-state index in [9.17, 15) is 0 Å². The second-order valence-electron chi connectivity index (χ2n) is 12.8. The van der Waals surface area contributed by atoms with E-state index in [0.29, 0.717) is 5.84 Å². The summed E-state index contributed by atoms with van der Waals surface area (Å²) < 4.78 is 2.35. The number of hydrogen-bond acceptors (Lipinski definition) is 3. The van der Waals surface area contributed by atoms with Crippen molar-refractivity contribution in [2.45, 2.75) is 6.92 Å². The molecule has 0 bridgehead atoms. The number of aromatic nitrogens is 1. The number of amidine groups is 1. The fraction of sp³-hybridized carbons (Fsp3) is 0.0208. The molecular formula is C48H39N5. The highest BCUT2D eigenvalue weighted by Gasteiger charge is 2.20. The van der Waals surface area contributed by atoms with Crippen LogP contribution in [-0.4, -0.2) is 10.4 Å². The van der Waals surface area contributed by atoms with Crippen molar-refractivity contribution in [2.75, 3.05) is 10.2 Å². The van der Waals surface area contributed by atoms with Gasteiger partial charge in [-0.25, -0.2) is 4.99 Å². The predicted octanol–water partition coefficient (Wildman–Crippen LogP) is 12.5. The number of allylic oxidation sites excluding steroid dienone is 1. The number of hydrogen-bond donors (Lipinski definition) is 2. The van der Waals surface area contributed by atoms with Gasteiger partial charge >= 0.3 is 0 Å². The largest absolute Gasteiger partial charge is 0.383 e. The summed E-state index contributed by atoms with van der Waals surface area (Å²) in [6.07, 6.45) is 5.54. The molecule has 0 amide bonds. The van der Waals surface area contributed by atoms with E-state index in [1.165, 1.54) is 5.56 Å². The van der Waals surface area contributed by atoms with Gasteiger partial charge in [0, 0.05) is 62.2 Å². The maximum atomic E-state index is 6.32. The van der Waals surface area contributed by atoms with E-state index in [0.717, 1.165) is 72.6 Å². The Kier molecular flexibility index (Phi) is 9.12. The van der Waals surface area contributed by atoms with Crippen molar-refractivity contribution in [1.29, 1.82) is 0 Å². The smallest absolute Gasteiger partial charge is 0.130 e. The molecule has 0 saturated carbocycles. The second kappa shape index (κ2) is 14.6. The zero-order valence-corrected chi connectivity index (χ0v) is 29.5. The van der Waals surface area contributed by atoms with Crippen LogP contribution >= 0.6 is 0 Å². The summed E-state index contributed by atoms with van der Waals surface area (Å²) in [5.74, 6) is 0.475. The zero-order chi connectivity index (χ0) is 36.1. The van der Waals surface area contributed by atoms with Crippen LogP contribution in [0.1, 0.15) is 18.1 Å². The Bertz CT molecular complexity index is 2580. The second-order valence-corrected chi connectivity index (χ2v) is 12.8. The standard InChI is InChI=1S/C48H39N5/c1-3-32-50-48(49)36-22-26-40(27-23-36)52(39-24-20-35(21-25-39)34-14-8-5-9-15-34)41-28-31-46-44(33-41)43-29-30-45(51-37-16-10-6-11-17-37)42(4-2)47(43)53(46)38-18-12-7-13-19-38/h3-33,51H,2H2,1H3,(H2,49,50)/b32-3-. The van der Waals surface area contributed by atoms with Gasteiger partial charge in [-0.3, -0.25) is 0 Å². The highest BCUT2D eigenvalue weighted by atomic mass is 15.1. The lowest BCUT2D eigenvalue weighted by molar-refractivity contribution is 1.18. The number of para-hydroxylation sites is 2. The highest BCUT2D eigenvalue weighted by Crippen LogP contribution is 2.42. The van der Waals surface area contributed by atoms with Crippen molar-refractivity contribution in [2.24, 2.45) is 10.7 Å². The van der Waals surface area contributed by atoms with Crippen LogP contribution in [-0.2, 0) is 0 Å². The maximum Gasteiger partial charge on any atom is 0.130 e. The molecule has 0 aliphatic carbocycles. The average Bonchev–Trinajstić information content (AvgIpc) is 3.55. The summed E-state index contributed by atoms with van der Waals surface area (Å²) in [7, 11) is 0. The fourth-order valence-corrected chi connectivity index (χ4v) is 6.99. The molecule has 0 saturated heterocycles. The Morgan fingerprint density at radius 1 is 0.660 bits per heavy atom. The topological polar surface area (TPSA) is 58.6 Å². The number of anilines is 5. The van der Waals surface area contributed by atoms with Gasteiger partial charge in [0.1, 0.15) is 5.84 Å². The van der Waals surface area contributed by atoms with Crippen LogP contribution in [0, 0.1) is 0 Å². The van der Waals surface area contributed by atoms with Crippen molar-refractivity contribution in [1.82, 2.24) is 4.57 Å². The van der Waals surface area contributed by atoms with Crippen LogP contribution in [0.3, 0.4) is 0 Å². The van der Waals surface area contributed by atoms with Gasteiger partial charge in [-0.05, 0) is 103 Å². The van der Waals surface area contributed by atoms with Gasteiger partial charge in [0.15, 0.2) is 0 Å². The molecular weight excluding hydrogens is 647 g/mol. The Morgan fingerprint density at radius 3 is 1.92 bits per heavy atom. The van der Waals surface area contributed by atoms with Gasteiger partial charge in [-0.15, -0.1) is 0 Å². The van der Waals surface area contributed by atoms with E-state index in [2.05, 4.69) is 160 Å². The molecule has 3 N–H and O–H groups in total. The lowest BCUT2D eigenvalue weighted by Gasteiger charge is -2.26.